The van der Waals surface area contributed by atoms with Gasteiger partial charge in [-0.1, -0.05) is 323 Å². The fraction of sp³-hybridized carbons (Fsp3) is 0.0204. The van der Waals surface area contributed by atoms with Crippen molar-refractivity contribution in [1.29, 1.82) is 0 Å². The molecule has 0 aliphatic heterocycles. The smallest absolute Gasteiger partial charge is 0.227 e. The molecule has 0 bridgehead atoms. The summed E-state index contributed by atoms with van der Waals surface area (Å²) < 4.78 is 13.8. The van der Waals surface area contributed by atoms with E-state index in [0.29, 0.717) is 11.8 Å². The van der Waals surface area contributed by atoms with Crippen molar-refractivity contribution < 1.29 is 8.83 Å². The van der Waals surface area contributed by atoms with E-state index < -0.39 is 0 Å². The number of benzene rings is 14. The molecule has 4 aromatic heterocycles. The quantitative estimate of drug-likeness (QED) is 0.102. The summed E-state index contributed by atoms with van der Waals surface area (Å²) in [5, 5.41) is 0. The lowest BCUT2D eigenvalue weighted by molar-refractivity contribution is 0.620. The standard InChI is InChI=1S/C96H62N4O2.C2H6/c1-5-15-63(16-6-1)67-24-42-76(43-25-67)84-56-58-86(78-46-30-69(31-47-78)65-19-9-3-10-20-65)93-91(84)99-95(101-93)81-52-36-73(37-53-81)71-28-40-75(41-29-71)83-60-61-89(88-23-13-14-62-97-88)98-90(83)80-50-34-72(35-51-80)74-38-54-82(55-39-74)96-100-92-85(77-44-26-68(27-45-77)64-17-7-2-8-18-64)57-59-87(94(92)102-96)79-48-32-70(33-49-79)66-21-11-4-12-22-66;1-2/h1-62H;1-2H3. The molecule has 0 atom stereocenters. The van der Waals surface area contributed by atoms with Crippen LogP contribution >= 0.6 is 0 Å². The van der Waals surface area contributed by atoms with Crippen LogP contribution in [0.3, 0.4) is 0 Å². The van der Waals surface area contributed by atoms with Crippen molar-refractivity contribution in [3.63, 3.8) is 0 Å². The molecule has 492 valence electrons. The van der Waals surface area contributed by atoms with Gasteiger partial charge in [0.05, 0.1) is 17.1 Å². The van der Waals surface area contributed by atoms with Crippen LogP contribution in [0.25, 0.3) is 190 Å². The van der Waals surface area contributed by atoms with Gasteiger partial charge in [-0.15, -0.1) is 0 Å². The second-order valence-electron chi connectivity index (χ2n) is 25.6. The number of aromatic nitrogens is 4. The molecule has 18 rings (SSSR count). The summed E-state index contributed by atoms with van der Waals surface area (Å²) >= 11 is 0. The maximum absolute atomic E-state index is 6.89. The topological polar surface area (TPSA) is 77.8 Å². The van der Waals surface area contributed by atoms with E-state index in [0.717, 1.165) is 156 Å². The summed E-state index contributed by atoms with van der Waals surface area (Å²) in [5.74, 6) is 1.12. The van der Waals surface area contributed by atoms with Crippen LogP contribution < -0.4 is 0 Å². The minimum absolute atomic E-state index is 0.559. The van der Waals surface area contributed by atoms with Gasteiger partial charge in [0.25, 0.3) is 0 Å². The Hall–Kier alpha value is -13.7. The fourth-order valence-corrected chi connectivity index (χ4v) is 13.9. The second-order valence-corrected chi connectivity index (χ2v) is 25.6. The van der Waals surface area contributed by atoms with Crippen LogP contribution in [-0.4, -0.2) is 19.9 Å². The summed E-state index contributed by atoms with van der Waals surface area (Å²) in [5.41, 5.74) is 32.3. The van der Waals surface area contributed by atoms with Crippen LogP contribution in [-0.2, 0) is 0 Å². The van der Waals surface area contributed by atoms with Crippen molar-refractivity contribution in [2.75, 3.05) is 0 Å². The van der Waals surface area contributed by atoms with Gasteiger partial charge in [-0.3, -0.25) is 4.98 Å². The molecule has 0 N–H and O–H groups in total. The molecule has 0 radical (unpaired) electrons. The van der Waals surface area contributed by atoms with Crippen LogP contribution in [0.5, 0.6) is 0 Å². The second kappa shape index (κ2) is 28.5. The molecule has 0 saturated heterocycles. The first-order valence-electron chi connectivity index (χ1n) is 35.4. The first kappa shape index (κ1) is 63.7. The fourth-order valence-electron chi connectivity index (χ4n) is 13.9. The lowest BCUT2D eigenvalue weighted by atomic mass is 9.95. The third kappa shape index (κ3) is 12.8. The number of hydrogen-bond acceptors (Lipinski definition) is 6. The number of oxazole rings is 2. The summed E-state index contributed by atoms with van der Waals surface area (Å²) in [7, 11) is 0. The number of hydrogen-bond donors (Lipinski definition) is 0. The Morgan fingerprint density at radius 1 is 0.183 bits per heavy atom. The van der Waals surface area contributed by atoms with E-state index in [9.17, 15) is 0 Å². The van der Waals surface area contributed by atoms with Crippen molar-refractivity contribution in [3.8, 4) is 168 Å². The molecule has 0 spiro atoms. The zero-order valence-corrected chi connectivity index (χ0v) is 57.4. The highest BCUT2D eigenvalue weighted by atomic mass is 16.4. The molecule has 0 unspecified atom stereocenters. The monoisotopic (exact) mass is 1330 g/mol. The van der Waals surface area contributed by atoms with Gasteiger partial charge in [0.1, 0.15) is 11.0 Å². The first-order valence-corrected chi connectivity index (χ1v) is 35.4. The molecule has 104 heavy (non-hydrogen) atoms. The predicted molar refractivity (Wildman–Crippen MR) is 430 cm³/mol. The highest BCUT2D eigenvalue weighted by Crippen LogP contribution is 2.43. The van der Waals surface area contributed by atoms with Gasteiger partial charge in [-0.2, -0.15) is 0 Å². The van der Waals surface area contributed by atoms with Crippen molar-refractivity contribution >= 4 is 22.2 Å². The Morgan fingerprint density at radius 2 is 0.433 bits per heavy atom. The van der Waals surface area contributed by atoms with Gasteiger partial charge in [0.2, 0.25) is 11.8 Å². The van der Waals surface area contributed by atoms with Crippen LogP contribution in [0.15, 0.2) is 385 Å². The van der Waals surface area contributed by atoms with E-state index in [4.69, 9.17) is 28.8 Å². The molecule has 6 nitrogen and oxygen atoms in total. The van der Waals surface area contributed by atoms with Gasteiger partial charge >= 0.3 is 0 Å². The lowest BCUT2D eigenvalue weighted by Gasteiger charge is -2.13. The molecule has 6 heteroatoms. The van der Waals surface area contributed by atoms with E-state index in [2.05, 4.69) is 328 Å². The molecule has 0 fully saturated rings. The first-order chi connectivity index (χ1) is 51.5. The largest absolute Gasteiger partial charge is 0.435 e. The summed E-state index contributed by atoms with van der Waals surface area (Å²) in [6, 6.07) is 130. The zero-order valence-electron chi connectivity index (χ0n) is 57.4. The number of fused-ring (bicyclic) bond motifs is 2. The Kier molecular flexibility index (Phi) is 17.5. The van der Waals surface area contributed by atoms with E-state index >= 15 is 0 Å². The minimum atomic E-state index is 0.559. The highest BCUT2D eigenvalue weighted by molar-refractivity contribution is 6.03. The van der Waals surface area contributed by atoms with Crippen LogP contribution in [0.1, 0.15) is 13.8 Å². The molecule has 0 aliphatic rings. The molecule has 14 aromatic carbocycles. The zero-order chi connectivity index (χ0) is 69.7. The SMILES string of the molecule is CC.c1ccc(-c2ccc(-c3ccc(-c4ccc(-c5ccccc5)cc4)c4oc(-c5ccc(-c6ccc(-c7ccc(-c8ccccn8)nc7-c7ccc(-c8ccc(-c9nc%10c(-c%11ccc(-c%12ccccc%12)cc%11)ccc(-c%11ccc(-c%12ccccc%12)cc%11)c%10o9)cc8)cc7)cc6)cc5)nc34)cc2)cc1. The van der Waals surface area contributed by atoms with Gasteiger partial charge in [-0.25, -0.2) is 15.0 Å². The molecular weight excluding hydrogens is 1270 g/mol. The maximum Gasteiger partial charge on any atom is 0.227 e. The predicted octanol–water partition coefficient (Wildman–Crippen LogP) is 26.8. The summed E-state index contributed by atoms with van der Waals surface area (Å²) in [6.45, 7) is 4.00. The van der Waals surface area contributed by atoms with Crippen molar-refractivity contribution in [3.05, 3.63) is 376 Å². The Balaban J connectivity index is 0.00000397. The van der Waals surface area contributed by atoms with Crippen LogP contribution in [0, 0.1) is 0 Å². The third-order valence-electron chi connectivity index (χ3n) is 19.4. The van der Waals surface area contributed by atoms with E-state index in [-0.39, 0.29) is 0 Å². The van der Waals surface area contributed by atoms with Crippen molar-refractivity contribution in [2.45, 2.75) is 13.8 Å². The Bertz CT molecular complexity index is 5750. The van der Waals surface area contributed by atoms with Crippen LogP contribution in [0.2, 0.25) is 0 Å². The van der Waals surface area contributed by atoms with Gasteiger partial charge in [-0.05, 0) is 155 Å². The average molecular weight is 1330 g/mol. The van der Waals surface area contributed by atoms with Gasteiger partial charge < -0.3 is 8.83 Å². The maximum atomic E-state index is 6.89. The number of rotatable bonds is 15. The van der Waals surface area contributed by atoms with Crippen molar-refractivity contribution in [1.82, 2.24) is 19.9 Å². The van der Waals surface area contributed by atoms with Crippen molar-refractivity contribution in [2.24, 2.45) is 0 Å². The minimum Gasteiger partial charge on any atom is -0.435 e. The summed E-state index contributed by atoms with van der Waals surface area (Å²) in [4.78, 5) is 20.6. The molecule has 4 heterocycles. The van der Waals surface area contributed by atoms with E-state index in [1.54, 1.807) is 0 Å². The summed E-state index contributed by atoms with van der Waals surface area (Å²) in [6.07, 6.45) is 1.81. The number of nitrogens with zero attached hydrogens (tertiary/aromatic N) is 4. The highest BCUT2D eigenvalue weighted by Gasteiger charge is 2.22. The molecule has 0 aliphatic carbocycles. The van der Waals surface area contributed by atoms with E-state index in [1.807, 2.05) is 62.5 Å². The Morgan fingerprint density at radius 3 is 0.750 bits per heavy atom. The molecular formula is C98H68N4O2. The molecule has 18 aromatic rings. The normalized spacial score (nSPS) is 11.2. The van der Waals surface area contributed by atoms with Crippen LogP contribution in [0.4, 0.5) is 0 Å². The third-order valence-corrected chi connectivity index (χ3v) is 19.4. The Labute approximate surface area is 605 Å². The molecule has 0 saturated carbocycles. The lowest BCUT2D eigenvalue weighted by Crippen LogP contribution is -1.94. The van der Waals surface area contributed by atoms with Gasteiger partial charge in [0, 0.05) is 50.7 Å². The number of pyridine rings is 2. The average Bonchev–Trinajstić information content (AvgIpc) is 1.53. The molecule has 0 amide bonds. The van der Waals surface area contributed by atoms with E-state index in [1.165, 1.54) is 22.3 Å². The van der Waals surface area contributed by atoms with Gasteiger partial charge in [0.15, 0.2) is 11.2 Å².